The number of rotatable bonds is 6. The molecular formula is C20H22N4O2. The number of aromatic nitrogens is 2. The van der Waals surface area contributed by atoms with E-state index in [1.807, 2.05) is 48.5 Å². The number of hydrogen-bond donors (Lipinski definition) is 2. The lowest BCUT2D eigenvalue weighted by molar-refractivity contribution is 0.415. The van der Waals surface area contributed by atoms with Gasteiger partial charge in [-0.3, -0.25) is 0 Å². The average Bonchev–Trinajstić information content (AvgIpc) is 2.65. The van der Waals surface area contributed by atoms with Crippen LogP contribution >= 0.6 is 0 Å². The van der Waals surface area contributed by atoms with E-state index in [1.165, 1.54) is 11.9 Å². The van der Waals surface area contributed by atoms with E-state index in [-0.39, 0.29) is 0 Å². The molecule has 0 saturated heterocycles. The van der Waals surface area contributed by atoms with Crippen LogP contribution in [0.15, 0.2) is 54.9 Å². The van der Waals surface area contributed by atoms with Crippen LogP contribution < -0.4 is 20.5 Å². The maximum absolute atomic E-state index is 6.18. The number of hydrogen-bond acceptors (Lipinski definition) is 6. The Kier molecular flexibility index (Phi) is 5.22. The van der Waals surface area contributed by atoms with Crippen LogP contribution in [0.1, 0.15) is 25.3 Å². The van der Waals surface area contributed by atoms with E-state index >= 15 is 0 Å². The Hall–Kier alpha value is -3.28. The van der Waals surface area contributed by atoms with Crippen LogP contribution in [0.5, 0.6) is 17.4 Å². The molecule has 0 bridgehead atoms. The summed E-state index contributed by atoms with van der Waals surface area (Å²) in [5.41, 5.74) is 8.57. The molecule has 3 N–H and O–H groups in total. The van der Waals surface area contributed by atoms with Crippen molar-refractivity contribution in [3.8, 4) is 17.4 Å². The Morgan fingerprint density at radius 1 is 1.00 bits per heavy atom. The van der Waals surface area contributed by atoms with Gasteiger partial charge in [0.25, 0.3) is 0 Å². The van der Waals surface area contributed by atoms with Gasteiger partial charge in [-0.15, -0.1) is 0 Å². The van der Waals surface area contributed by atoms with Crippen LogP contribution in [-0.4, -0.2) is 17.1 Å². The molecule has 6 nitrogen and oxygen atoms in total. The number of nitrogens with two attached hydrogens (primary N) is 1. The molecule has 3 rings (SSSR count). The van der Waals surface area contributed by atoms with Gasteiger partial charge >= 0.3 is 0 Å². The second kappa shape index (κ2) is 7.74. The topological polar surface area (TPSA) is 82.3 Å². The highest BCUT2D eigenvalue weighted by Crippen LogP contribution is 2.32. The van der Waals surface area contributed by atoms with Gasteiger partial charge in [0.15, 0.2) is 5.82 Å². The molecule has 0 fully saturated rings. The summed E-state index contributed by atoms with van der Waals surface area (Å²) in [5.74, 6) is 2.66. The first-order chi connectivity index (χ1) is 12.6. The van der Waals surface area contributed by atoms with Crippen molar-refractivity contribution in [1.82, 2.24) is 9.97 Å². The first-order valence-corrected chi connectivity index (χ1v) is 8.36. The summed E-state index contributed by atoms with van der Waals surface area (Å²) < 4.78 is 11.0. The molecule has 0 aliphatic heterocycles. The number of methoxy groups -OCH3 is 1. The molecular weight excluding hydrogens is 328 g/mol. The average molecular weight is 350 g/mol. The molecule has 0 spiro atoms. The molecule has 2 aromatic carbocycles. The zero-order valence-electron chi connectivity index (χ0n) is 15.1. The first-order valence-electron chi connectivity index (χ1n) is 8.36. The van der Waals surface area contributed by atoms with E-state index < -0.39 is 0 Å². The molecule has 1 aromatic heterocycles. The fourth-order valence-corrected chi connectivity index (χ4v) is 2.43. The third kappa shape index (κ3) is 4.03. The molecule has 0 aliphatic rings. The van der Waals surface area contributed by atoms with Crippen LogP contribution in [0.4, 0.5) is 17.2 Å². The van der Waals surface area contributed by atoms with Gasteiger partial charge in [0.05, 0.1) is 7.11 Å². The Labute approximate surface area is 153 Å². The van der Waals surface area contributed by atoms with E-state index in [0.29, 0.717) is 29.1 Å². The van der Waals surface area contributed by atoms with Gasteiger partial charge in [-0.1, -0.05) is 32.0 Å². The predicted molar refractivity (Wildman–Crippen MR) is 103 cm³/mol. The summed E-state index contributed by atoms with van der Waals surface area (Å²) in [6, 6.07) is 15.4. The lowest BCUT2D eigenvalue weighted by atomic mass is 10.0. The quantitative estimate of drug-likeness (QED) is 0.669. The van der Waals surface area contributed by atoms with Gasteiger partial charge in [-0.2, -0.15) is 4.98 Å². The highest BCUT2D eigenvalue weighted by Gasteiger charge is 2.11. The number of anilines is 3. The van der Waals surface area contributed by atoms with Crippen LogP contribution in [0.2, 0.25) is 0 Å². The van der Waals surface area contributed by atoms with E-state index in [9.17, 15) is 0 Å². The largest absolute Gasteiger partial charge is 0.497 e. The number of nitrogens with zero attached hydrogens (tertiary/aromatic N) is 2. The minimum atomic E-state index is 0.308. The summed E-state index contributed by atoms with van der Waals surface area (Å²) in [5, 5.41) is 3.16. The van der Waals surface area contributed by atoms with Crippen molar-refractivity contribution in [2.45, 2.75) is 19.8 Å². The number of ether oxygens (including phenoxy) is 2. The normalized spacial score (nSPS) is 10.6. The Balaban J connectivity index is 1.80. The van der Waals surface area contributed by atoms with Gasteiger partial charge in [0.2, 0.25) is 5.88 Å². The Morgan fingerprint density at radius 3 is 2.46 bits per heavy atom. The van der Waals surface area contributed by atoms with E-state index in [1.54, 1.807) is 7.11 Å². The summed E-state index contributed by atoms with van der Waals surface area (Å²) in [6.07, 6.45) is 1.41. The van der Waals surface area contributed by atoms with Crippen molar-refractivity contribution in [2.24, 2.45) is 0 Å². The lowest BCUT2D eigenvalue weighted by Crippen LogP contribution is -2.03. The second-order valence-electron chi connectivity index (χ2n) is 6.12. The minimum Gasteiger partial charge on any atom is -0.497 e. The molecule has 0 radical (unpaired) electrons. The molecule has 0 saturated carbocycles. The predicted octanol–water partition coefficient (Wildman–Crippen LogP) is 4.73. The number of nitrogen functional groups attached to an aromatic ring is 1. The first kappa shape index (κ1) is 17.5. The maximum atomic E-state index is 6.18. The SMILES string of the molecule is COc1cccc(Nc2ncnc(Oc3ccc(C(C)C)cc3)c2N)c1. The maximum Gasteiger partial charge on any atom is 0.248 e. The second-order valence-corrected chi connectivity index (χ2v) is 6.12. The van der Waals surface area contributed by atoms with Crippen LogP contribution in [-0.2, 0) is 0 Å². The van der Waals surface area contributed by atoms with Crippen LogP contribution in [0.3, 0.4) is 0 Å². The van der Waals surface area contributed by atoms with Crippen molar-refractivity contribution < 1.29 is 9.47 Å². The highest BCUT2D eigenvalue weighted by atomic mass is 16.5. The summed E-state index contributed by atoms with van der Waals surface area (Å²) in [6.45, 7) is 4.30. The minimum absolute atomic E-state index is 0.308. The third-order valence-electron chi connectivity index (χ3n) is 3.94. The Morgan fingerprint density at radius 2 is 1.77 bits per heavy atom. The summed E-state index contributed by atoms with van der Waals surface area (Å²) in [7, 11) is 1.62. The monoisotopic (exact) mass is 350 g/mol. The molecule has 6 heteroatoms. The lowest BCUT2D eigenvalue weighted by Gasteiger charge is -2.13. The fraction of sp³-hybridized carbons (Fsp3) is 0.200. The van der Waals surface area contributed by atoms with Gasteiger partial charge in [0, 0.05) is 11.8 Å². The zero-order valence-corrected chi connectivity index (χ0v) is 15.1. The van der Waals surface area contributed by atoms with Crippen LogP contribution in [0, 0.1) is 0 Å². The fourth-order valence-electron chi connectivity index (χ4n) is 2.43. The van der Waals surface area contributed by atoms with E-state index in [0.717, 1.165) is 11.4 Å². The molecule has 1 heterocycles. The summed E-state index contributed by atoms with van der Waals surface area (Å²) in [4.78, 5) is 8.34. The van der Waals surface area contributed by atoms with Crippen molar-refractivity contribution in [3.63, 3.8) is 0 Å². The van der Waals surface area contributed by atoms with Gasteiger partial charge in [-0.25, -0.2) is 4.98 Å². The molecule has 3 aromatic rings. The molecule has 0 aliphatic carbocycles. The van der Waals surface area contributed by atoms with Gasteiger partial charge in [-0.05, 0) is 35.7 Å². The molecule has 0 atom stereocenters. The van der Waals surface area contributed by atoms with Gasteiger partial charge < -0.3 is 20.5 Å². The van der Waals surface area contributed by atoms with Crippen molar-refractivity contribution >= 4 is 17.2 Å². The smallest absolute Gasteiger partial charge is 0.248 e. The molecule has 134 valence electrons. The third-order valence-corrected chi connectivity index (χ3v) is 3.94. The number of benzene rings is 2. The molecule has 26 heavy (non-hydrogen) atoms. The summed E-state index contributed by atoms with van der Waals surface area (Å²) >= 11 is 0. The zero-order chi connectivity index (χ0) is 18.5. The molecule has 0 unspecified atom stereocenters. The van der Waals surface area contributed by atoms with Crippen molar-refractivity contribution in [1.29, 1.82) is 0 Å². The van der Waals surface area contributed by atoms with Gasteiger partial charge in [0.1, 0.15) is 23.5 Å². The number of nitrogens with one attached hydrogen (secondary N) is 1. The van der Waals surface area contributed by atoms with Crippen molar-refractivity contribution in [2.75, 3.05) is 18.2 Å². The van der Waals surface area contributed by atoms with Crippen molar-refractivity contribution in [3.05, 3.63) is 60.4 Å². The standard InChI is InChI=1S/C20H22N4O2/c1-13(2)14-7-9-16(10-8-14)26-20-18(21)19(22-12-23-20)24-15-5-4-6-17(11-15)25-3/h4-13H,21H2,1-3H3,(H,22,23,24). The van der Waals surface area contributed by atoms with E-state index in [4.69, 9.17) is 15.2 Å². The van der Waals surface area contributed by atoms with Crippen LogP contribution in [0.25, 0.3) is 0 Å². The highest BCUT2D eigenvalue weighted by molar-refractivity contribution is 5.72. The van der Waals surface area contributed by atoms with E-state index in [2.05, 4.69) is 29.1 Å². The molecule has 0 amide bonds. The Bertz CT molecular complexity index is 879.